The summed E-state index contributed by atoms with van der Waals surface area (Å²) in [5.74, 6) is -0.197. The molecule has 3 rings (SSSR count). The number of benzene rings is 1. The number of esters is 1. The number of carbonyl (C=O) groups is 1. The molecule has 38 heavy (non-hydrogen) atoms. The lowest BCUT2D eigenvalue weighted by Gasteiger charge is -2.32. The zero-order chi connectivity index (χ0) is 28.3. The number of aliphatic hydroxyl groups excluding tert-OH is 1. The van der Waals surface area contributed by atoms with Crippen molar-refractivity contribution in [3.05, 3.63) is 75.6 Å². The van der Waals surface area contributed by atoms with Crippen molar-refractivity contribution in [1.29, 1.82) is 0 Å². The highest BCUT2D eigenvalue weighted by Gasteiger charge is 2.57. The molecule has 1 unspecified atom stereocenters. The number of nitrogens with one attached hydrogen (secondary N) is 2. The summed E-state index contributed by atoms with van der Waals surface area (Å²) in [5.41, 5.74) is -3.49. The fourth-order valence-electron chi connectivity index (χ4n) is 3.76. The van der Waals surface area contributed by atoms with Gasteiger partial charge in [0.1, 0.15) is 24.0 Å². The van der Waals surface area contributed by atoms with Crippen LogP contribution in [-0.2, 0) is 30.6 Å². The summed E-state index contributed by atoms with van der Waals surface area (Å²) in [6.45, 7) is 6.31. The maximum Gasteiger partial charge on any atom is 0.330 e. The van der Waals surface area contributed by atoms with Crippen LogP contribution >= 0.6 is 6.64 Å². The van der Waals surface area contributed by atoms with E-state index in [-0.39, 0.29) is 11.7 Å². The average Bonchev–Trinajstić information content (AvgIpc) is 3.09. The van der Waals surface area contributed by atoms with E-state index in [1.807, 2.05) is 0 Å². The Morgan fingerprint density at radius 3 is 2.53 bits per heavy atom. The van der Waals surface area contributed by atoms with E-state index >= 15 is 0 Å². The number of aromatic nitrogens is 2. The third kappa shape index (κ3) is 6.67. The highest BCUT2D eigenvalue weighted by molar-refractivity contribution is 8.09. The molecule has 0 saturated carbocycles. The lowest BCUT2D eigenvalue weighted by atomic mass is 9.87. The molecule has 14 heteroatoms. The van der Waals surface area contributed by atoms with Crippen LogP contribution in [0.5, 0.6) is 5.75 Å². The van der Waals surface area contributed by atoms with Crippen LogP contribution in [-0.4, -0.2) is 62.3 Å². The van der Waals surface area contributed by atoms with E-state index in [9.17, 15) is 24.6 Å². The molecule has 2 heterocycles. The molecule has 1 fully saturated rings. The van der Waals surface area contributed by atoms with Gasteiger partial charge in [0.05, 0.1) is 12.7 Å². The molecule has 1 aliphatic heterocycles. The summed E-state index contributed by atoms with van der Waals surface area (Å²) < 4.78 is 23.9. The molecule has 1 aromatic carbocycles. The van der Waals surface area contributed by atoms with E-state index in [1.165, 1.54) is 6.92 Å². The monoisotopic (exact) mass is 569 g/mol. The van der Waals surface area contributed by atoms with Gasteiger partial charge in [0, 0.05) is 12.3 Å². The summed E-state index contributed by atoms with van der Waals surface area (Å²) >= 11 is 5.67. The molecule has 1 saturated heterocycles. The highest BCUT2D eigenvalue weighted by Crippen LogP contribution is 2.48. The summed E-state index contributed by atoms with van der Waals surface area (Å²) in [5, 5.41) is 25.3. The van der Waals surface area contributed by atoms with Crippen LogP contribution in [0.2, 0.25) is 0 Å². The molecular formula is C24H32N3O9PS. The Morgan fingerprint density at radius 2 is 1.95 bits per heavy atom. The molecule has 6 atom stereocenters. The third-order valence-corrected chi connectivity index (χ3v) is 8.21. The van der Waals surface area contributed by atoms with Gasteiger partial charge in [0.15, 0.2) is 11.8 Å². The van der Waals surface area contributed by atoms with E-state index < -0.39 is 60.5 Å². The van der Waals surface area contributed by atoms with E-state index in [4.69, 9.17) is 30.3 Å². The van der Waals surface area contributed by atoms with Crippen molar-refractivity contribution in [2.45, 2.75) is 63.9 Å². The van der Waals surface area contributed by atoms with E-state index in [0.29, 0.717) is 5.75 Å². The first-order valence-corrected chi connectivity index (χ1v) is 14.4. The molecule has 0 bridgehead atoms. The maximum absolute atomic E-state index is 12.4. The van der Waals surface area contributed by atoms with Crippen molar-refractivity contribution in [2.75, 3.05) is 6.61 Å². The molecule has 2 aromatic rings. The van der Waals surface area contributed by atoms with Crippen LogP contribution in [0.3, 0.4) is 0 Å². The Bertz CT molecular complexity index is 1310. The van der Waals surface area contributed by atoms with Gasteiger partial charge in [-0.1, -0.05) is 24.8 Å². The Balaban J connectivity index is 1.87. The Kier molecular flexibility index (Phi) is 9.48. The van der Waals surface area contributed by atoms with Crippen molar-refractivity contribution >= 4 is 24.4 Å². The Labute approximate surface area is 224 Å². The molecule has 208 valence electrons. The van der Waals surface area contributed by atoms with E-state index in [2.05, 4.69) is 16.7 Å². The van der Waals surface area contributed by atoms with Crippen LogP contribution in [0.15, 0.2) is 64.3 Å². The number of rotatable bonds is 11. The first kappa shape index (κ1) is 29.9. The van der Waals surface area contributed by atoms with Crippen molar-refractivity contribution in [3.8, 4) is 5.75 Å². The first-order chi connectivity index (χ1) is 17.8. The number of para-hydroxylation sites is 1. The minimum absolute atomic E-state index is 0.110. The highest BCUT2D eigenvalue weighted by atomic mass is 32.5. The van der Waals surface area contributed by atoms with Crippen molar-refractivity contribution in [1.82, 2.24) is 14.6 Å². The average molecular weight is 570 g/mol. The topological polar surface area (TPSA) is 161 Å². The SMILES string of the molecule is C=C(C)[C@@]1(O)[C@H](O)[C@@H](COP(=S)(N[C@@H](C)C(=O)OC(C)C)Oc2ccccc2)O[C@H]1n1ccc(=O)[nH]c1=O. The lowest BCUT2D eigenvalue weighted by Crippen LogP contribution is -2.50. The van der Waals surface area contributed by atoms with Gasteiger partial charge < -0.3 is 28.7 Å². The van der Waals surface area contributed by atoms with Gasteiger partial charge in [0.25, 0.3) is 5.56 Å². The van der Waals surface area contributed by atoms with Crippen LogP contribution in [0, 0.1) is 0 Å². The minimum Gasteiger partial charge on any atom is -0.462 e. The second-order valence-corrected chi connectivity index (χ2v) is 12.3. The molecule has 0 aliphatic carbocycles. The number of hydrogen-bond donors (Lipinski definition) is 4. The van der Waals surface area contributed by atoms with Crippen LogP contribution in [0.4, 0.5) is 0 Å². The summed E-state index contributed by atoms with van der Waals surface area (Å²) in [7, 11) is 0. The molecule has 0 radical (unpaired) electrons. The van der Waals surface area contributed by atoms with Gasteiger partial charge in [-0.25, -0.2) is 9.88 Å². The van der Waals surface area contributed by atoms with Gasteiger partial charge in [-0.05, 0) is 57.2 Å². The molecule has 0 amide bonds. The zero-order valence-corrected chi connectivity index (χ0v) is 23.1. The van der Waals surface area contributed by atoms with Gasteiger partial charge in [-0.2, -0.15) is 0 Å². The van der Waals surface area contributed by atoms with Crippen LogP contribution in [0.25, 0.3) is 0 Å². The molecular weight excluding hydrogens is 537 g/mol. The standard InChI is InChI=1S/C24H32N3O9PS/c1-14(2)24(32)20(29)18(35-22(24)27-12-11-19(28)25-23(27)31)13-33-37(38,36-17-9-7-6-8-10-17)26-16(5)21(30)34-15(3)4/h6-12,15-16,18,20,22,29,32H,1,13H2,2-5H3,(H,26,38)(H,25,28,31)/t16-,18+,20+,22+,24+,37?/m0/s1. The Morgan fingerprint density at radius 1 is 1.29 bits per heavy atom. The van der Waals surface area contributed by atoms with E-state index in [1.54, 1.807) is 51.1 Å². The normalized spacial score (nSPS) is 25.5. The second-order valence-electron chi connectivity index (χ2n) is 9.13. The number of ether oxygens (including phenoxy) is 2. The smallest absolute Gasteiger partial charge is 0.330 e. The lowest BCUT2D eigenvalue weighted by molar-refractivity contribution is -0.149. The van der Waals surface area contributed by atoms with Crippen molar-refractivity contribution < 1.29 is 33.5 Å². The molecule has 1 aromatic heterocycles. The molecule has 0 spiro atoms. The molecule has 4 N–H and O–H groups in total. The van der Waals surface area contributed by atoms with Crippen molar-refractivity contribution in [3.63, 3.8) is 0 Å². The number of carbonyl (C=O) groups excluding carboxylic acids is 1. The third-order valence-electron chi connectivity index (χ3n) is 5.71. The number of aliphatic hydroxyl groups is 2. The summed E-state index contributed by atoms with van der Waals surface area (Å²) in [4.78, 5) is 38.4. The predicted molar refractivity (Wildman–Crippen MR) is 142 cm³/mol. The van der Waals surface area contributed by atoms with Gasteiger partial charge >= 0.3 is 18.3 Å². The van der Waals surface area contributed by atoms with Crippen LogP contribution < -0.4 is 20.9 Å². The minimum atomic E-state index is -3.48. The second kappa shape index (κ2) is 12.0. The number of nitrogens with zero attached hydrogens (tertiary/aromatic N) is 1. The van der Waals surface area contributed by atoms with E-state index in [0.717, 1.165) is 16.8 Å². The number of hydrogen-bond acceptors (Lipinski definition) is 10. The maximum atomic E-state index is 12.4. The van der Waals surface area contributed by atoms with Crippen LogP contribution in [0.1, 0.15) is 33.9 Å². The number of aromatic amines is 1. The largest absolute Gasteiger partial charge is 0.462 e. The number of H-pyrrole nitrogens is 1. The first-order valence-electron chi connectivity index (χ1n) is 11.8. The Hall–Kier alpha value is -2.64. The molecule has 1 aliphatic rings. The predicted octanol–water partition coefficient (Wildman–Crippen LogP) is 1.35. The summed E-state index contributed by atoms with van der Waals surface area (Å²) in [6.07, 6.45) is -3.46. The zero-order valence-electron chi connectivity index (χ0n) is 21.4. The van der Waals surface area contributed by atoms with Gasteiger partial charge in [0.2, 0.25) is 0 Å². The fraction of sp³-hybridized carbons (Fsp3) is 0.458. The summed E-state index contributed by atoms with van der Waals surface area (Å²) in [6, 6.07) is 8.73. The molecule has 12 nitrogen and oxygen atoms in total. The van der Waals surface area contributed by atoms with Gasteiger partial charge in [-0.15, -0.1) is 0 Å². The van der Waals surface area contributed by atoms with Gasteiger partial charge in [-0.3, -0.25) is 19.1 Å². The van der Waals surface area contributed by atoms with Crippen molar-refractivity contribution in [2.24, 2.45) is 0 Å². The fourth-order valence-corrected chi connectivity index (χ4v) is 6.18. The quantitative estimate of drug-likeness (QED) is 0.176.